The summed E-state index contributed by atoms with van der Waals surface area (Å²) in [7, 11) is -9.29. The van der Waals surface area contributed by atoms with Crippen LogP contribution in [0.2, 0.25) is 0 Å². The van der Waals surface area contributed by atoms with Gasteiger partial charge >= 0.3 is 17.8 Å². The molecule has 0 spiro atoms. The van der Waals surface area contributed by atoms with Gasteiger partial charge < -0.3 is 0 Å². The second kappa shape index (κ2) is 10.6. The van der Waals surface area contributed by atoms with E-state index in [1.165, 1.54) is 55.5 Å². The maximum atomic E-state index is 16.2. The summed E-state index contributed by atoms with van der Waals surface area (Å²) < 4.78 is 152. The van der Waals surface area contributed by atoms with Crippen molar-refractivity contribution < 1.29 is 43.2 Å². The van der Waals surface area contributed by atoms with Gasteiger partial charge in [0, 0.05) is 22.3 Å². The fraction of sp³-hybridized carbons (Fsp3) is 0.353. The summed E-state index contributed by atoms with van der Waals surface area (Å²) in [4.78, 5) is -2.37. The number of alkyl halides is 6. The average molecular weight is 683 g/mol. The van der Waals surface area contributed by atoms with Crippen molar-refractivity contribution in [2.45, 2.75) is 72.2 Å². The van der Waals surface area contributed by atoms with Crippen molar-refractivity contribution in [2.24, 2.45) is 5.41 Å². The molecule has 2 aromatic carbocycles. The van der Waals surface area contributed by atoms with E-state index in [1.807, 2.05) is 0 Å². The lowest BCUT2D eigenvalue weighted by molar-refractivity contribution is -0.263. The molecule has 3 aliphatic rings. The molecule has 2 aliphatic heterocycles. The van der Waals surface area contributed by atoms with Crippen molar-refractivity contribution in [1.82, 2.24) is 0 Å². The monoisotopic (exact) mass is 682 g/mol. The average Bonchev–Trinajstić information content (AvgIpc) is 3.30. The summed E-state index contributed by atoms with van der Waals surface area (Å²) in [5.41, 5.74) is -7.27. The van der Waals surface area contributed by atoms with E-state index in [2.05, 4.69) is 0 Å². The zero-order valence-corrected chi connectivity index (χ0v) is 27.5. The second-order valence-corrected chi connectivity index (χ2v) is 16.6. The Kier molecular flexibility index (Phi) is 7.80. The third-order valence-corrected chi connectivity index (χ3v) is 12.7. The van der Waals surface area contributed by atoms with Crippen LogP contribution in [-0.4, -0.2) is 34.6 Å². The maximum Gasteiger partial charge on any atom is 0.380 e. The molecule has 246 valence electrons. The number of rotatable bonds is 6. The molecule has 12 heteroatoms. The van der Waals surface area contributed by atoms with Crippen LogP contribution in [0.1, 0.15) is 65.5 Å². The molecule has 0 unspecified atom stereocenters. The topological polar surface area (TPSA) is 68.3 Å². The van der Waals surface area contributed by atoms with Crippen LogP contribution in [0, 0.1) is 5.41 Å². The van der Waals surface area contributed by atoms with Gasteiger partial charge in [-0.05, 0) is 54.4 Å². The standard InChI is InChI=1S/C34H32F6O4S2/c1-7-23-25(19(2)29(45(23,41)42)21-14-10-8-11-15-21)27-28(33(37,38)34(39,40)32(27,35)36)26-20(3)30(22-16-12-9-13-17-22)46(43,44)24(26)18-31(4,5)6/h8-17H,7,18H2,1-6H3. The predicted octanol–water partition coefficient (Wildman–Crippen LogP) is 9.28. The van der Waals surface area contributed by atoms with Gasteiger partial charge in [-0.2, -0.15) is 26.3 Å². The molecule has 0 N–H and O–H groups in total. The van der Waals surface area contributed by atoms with E-state index in [4.69, 9.17) is 0 Å². The van der Waals surface area contributed by atoms with E-state index in [0.29, 0.717) is 0 Å². The summed E-state index contributed by atoms with van der Waals surface area (Å²) in [5.74, 6) is -17.2. The van der Waals surface area contributed by atoms with Gasteiger partial charge in [0.25, 0.3) is 0 Å². The molecule has 0 saturated carbocycles. The Balaban J connectivity index is 2.02. The van der Waals surface area contributed by atoms with Crippen molar-refractivity contribution in [3.8, 4) is 0 Å². The van der Waals surface area contributed by atoms with E-state index in [-0.39, 0.29) is 11.1 Å². The Bertz CT molecular complexity index is 2030. The Labute approximate surface area is 264 Å². The summed E-state index contributed by atoms with van der Waals surface area (Å²) in [5, 5.41) is 0. The molecule has 0 radical (unpaired) electrons. The Morgan fingerprint density at radius 1 is 0.609 bits per heavy atom. The molecule has 4 nitrogen and oxygen atoms in total. The van der Waals surface area contributed by atoms with Crippen LogP contribution < -0.4 is 0 Å². The third-order valence-electron chi connectivity index (χ3n) is 8.43. The van der Waals surface area contributed by atoms with E-state index in [0.717, 1.165) is 13.8 Å². The molecule has 2 aromatic rings. The summed E-state index contributed by atoms with van der Waals surface area (Å²) in [6.45, 7) is 8.30. The van der Waals surface area contributed by atoms with Crippen LogP contribution in [0.4, 0.5) is 26.3 Å². The van der Waals surface area contributed by atoms with Crippen LogP contribution in [0.25, 0.3) is 9.81 Å². The van der Waals surface area contributed by atoms with Gasteiger partial charge in [0.05, 0.1) is 19.6 Å². The number of sulfone groups is 2. The lowest BCUT2D eigenvalue weighted by atomic mass is 9.84. The molecule has 0 amide bonds. The molecule has 0 bridgehead atoms. The smallest absolute Gasteiger partial charge is 0.219 e. The van der Waals surface area contributed by atoms with Crippen LogP contribution in [0.5, 0.6) is 0 Å². The largest absolute Gasteiger partial charge is 0.380 e. The van der Waals surface area contributed by atoms with Crippen molar-refractivity contribution in [3.63, 3.8) is 0 Å². The maximum absolute atomic E-state index is 16.2. The van der Waals surface area contributed by atoms with Crippen LogP contribution in [-0.2, 0) is 19.7 Å². The summed E-state index contributed by atoms with van der Waals surface area (Å²) >= 11 is 0. The highest BCUT2D eigenvalue weighted by atomic mass is 32.2. The fourth-order valence-electron chi connectivity index (χ4n) is 6.56. The van der Waals surface area contributed by atoms with Gasteiger partial charge in [0.15, 0.2) is 0 Å². The first kappa shape index (κ1) is 34.0. The molecule has 0 aromatic heterocycles. The summed E-state index contributed by atoms with van der Waals surface area (Å²) in [6.07, 6.45) is -0.934. The molecule has 46 heavy (non-hydrogen) atoms. The number of halogens is 6. The van der Waals surface area contributed by atoms with Crippen molar-refractivity contribution in [3.05, 3.63) is 115 Å². The normalized spacial score (nSPS) is 23.3. The molecule has 0 fully saturated rings. The summed E-state index contributed by atoms with van der Waals surface area (Å²) in [6, 6.07) is 14.6. The second-order valence-electron chi connectivity index (χ2n) is 12.8. The zero-order chi connectivity index (χ0) is 34.4. The predicted molar refractivity (Wildman–Crippen MR) is 166 cm³/mol. The van der Waals surface area contributed by atoms with Crippen molar-refractivity contribution in [2.75, 3.05) is 0 Å². The number of hydrogen-bond acceptors (Lipinski definition) is 4. The molecular formula is C34H32F6O4S2. The Hall–Kier alpha value is -3.38. The van der Waals surface area contributed by atoms with Gasteiger partial charge in [-0.3, -0.25) is 0 Å². The van der Waals surface area contributed by atoms with Gasteiger partial charge in [0.1, 0.15) is 0 Å². The first-order valence-corrected chi connectivity index (χ1v) is 17.4. The van der Waals surface area contributed by atoms with E-state index in [1.54, 1.807) is 32.9 Å². The molecule has 0 atom stereocenters. The number of hydrogen-bond donors (Lipinski definition) is 0. The third kappa shape index (κ3) is 4.61. The van der Waals surface area contributed by atoms with Gasteiger partial charge in [-0.25, -0.2) is 16.8 Å². The molecule has 1 aliphatic carbocycles. The minimum Gasteiger partial charge on any atom is -0.219 e. The minimum atomic E-state index is -6.03. The minimum absolute atomic E-state index is 0.0569. The highest BCUT2D eigenvalue weighted by Gasteiger charge is 2.81. The van der Waals surface area contributed by atoms with E-state index < -0.39 is 109 Å². The van der Waals surface area contributed by atoms with Gasteiger partial charge in [-0.15, -0.1) is 0 Å². The lowest BCUT2D eigenvalue weighted by Crippen LogP contribution is -2.49. The SMILES string of the molecule is CCC1=C(C2=C(C3=C(CC(C)(C)C)S(=O)(=O)C(c4ccccc4)=C3C)C(F)(F)C(F)(F)C2(F)F)C(C)=C(c2ccccc2)S1(=O)=O. The molecule has 5 rings (SSSR count). The van der Waals surface area contributed by atoms with E-state index >= 15 is 26.3 Å². The van der Waals surface area contributed by atoms with E-state index in [9.17, 15) is 16.8 Å². The number of benzene rings is 2. The highest BCUT2D eigenvalue weighted by molar-refractivity contribution is 8.04. The Morgan fingerprint density at radius 2 is 0.957 bits per heavy atom. The van der Waals surface area contributed by atoms with Crippen LogP contribution >= 0.6 is 0 Å². The first-order chi connectivity index (χ1) is 21.1. The van der Waals surface area contributed by atoms with Gasteiger partial charge in [0.2, 0.25) is 19.7 Å². The zero-order valence-electron chi connectivity index (χ0n) is 25.9. The van der Waals surface area contributed by atoms with Crippen LogP contribution in [0.3, 0.4) is 0 Å². The quantitative estimate of drug-likeness (QED) is 0.285. The molecule has 2 heterocycles. The number of allylic oxidation sites excluding steroid dienone is 8. The van der Waals surface area contributed by atoms with Gasteiger partial charge in [-0.1, -0.05) is 88.4 Å². The van der Waals surface area contributed by atoms with Crippen molar-refractivity contribution >= 4 is 29.5 Å². The highest BCUT2D eigenvalue weighted by Crippen LogP contribution is 2.67. The first-order valence-electron chi connectivity index (χ1n) is 14.5. The van der Waals surface area contributed by atoms with Crippen molar-refractivity contribution in [1.29, 1.82) is 0 Å². The lowest BCUT2D eigenvalue weighted by Gasteiger charge is -2.26. The van der Waals surface area contributed by atoms with Crippen LogP contribution in [0.15, 0.2) is 104 Å². The molecule has 0 saturated heterocycles. The Morgan fingerprint density at radius 3 is 1.30 bits per heavy atom. The fourth-order valence-corrected chi connectivity index (χ4v) is 11.0. The molecular weight excluding hydrogens is 650 g/mol.